The van der Waals surface area contributed by atoms with Gasteiger partial charge < -0.3 is 10.7 Å². The lowest BCUT2D eigenvalue weighted by Crippen LogP contribution is -2.13. The van der Waals surface area contributed by atoms with E-state index >= 15 is 0 Å². The molecular weight excluding hydrogens is 286 g/mol. The highest BCUT2D eigenvalue weighted by atomic mass is 35.5. The maximum atomic E-state index is 13.3. The van der Waals surface area contributed by atoms with Gasteiger partial charge >= 0.3 is 0 Å². The third-order valence-electron chi connectivity index (χ3n) is 3.08. The molecular formula is C14H11ClF2N2O. The molecule has 1 amide bonds. The van der Waals surface area contributed by atoms with Crippen LogP contribution < -0.4 is 5.73 Å². The predicted molar refractivity (Wildman–Crippen MR) is 75.9 cm³/mol. The molecule has 0 atom stereocenters. The SMILES string of the molecule is Cl.NC(=O)Cc1ccc2c(c1)[nH]c1cc(F)c(F)cc12. The molecule has 0 aliphatic rings. The summed E-state index contributed by atoms with van der Waals surface area (Å²) in [6, 6.07) is 7.57. The lowest BCUT2D eigenvalue weighted by Gasteiger charge is -1.98. The first-order valence-corrected chi connectivity index (χ1v) is 5.72. The number of hydrogen-bond acceptors (Lipinski definition) is 1. The van der Waals surface area contributed by atoms with Gasteiger partial charge in [-0.15, -0.1) is 12.4 Å². The fourth-order valence-corrected chi connectivity index (χ4v) is 2.26. The molecule has 104 valence electrons. The lowest BCUT2D eigenvalue weighted by molar-refractivity contribution is -0.117. The van der Waals surface area contributed by atoms with Crippen molar-refractivity contribution >= 4 is 40.1 Å². The van der Waals surface area contributed by atoms with Crippen LogP contribution in [0.1, 0.15) is 5.56 Å². The number of H-pyrrole nitrogens is 1. The highest BCUT2D eigenvalue weighted by molar-refractivity contribution is 6.07. The van der Waals surface area contributed by atoms with Crippen molar-refractivity contribution in [1.82, 2.24) is 4.98 Å². The number of rotatable bonds is 2. The highest BCUT2D eigenvalue weighted by Crippen LogP contribution is 2.28. The van der Waals surface area contributed by atoms with E-state index in [-0.39, 0.29) is 18.8 Å². The molecule has 6 heteroatoms. The van der Waals surface area contributed by atoms with Crippen molar-refractivity contribution in [2.24, 2.45) is 5.73 Å². The van der Waals surface area contributed by atoms with Crippen LogP contribution in [0.3, 0.4) is 0 Å². The van der Waals surface area contributed by atoms with E-state index in [9.17, 15) is 13.6 Å². The van der Waals surface area contributed by atoms with Crippen LogP contribution >= 0.6 is 12.4 Å². The number of aromatic amines is 1. The molecule has 0 saturated carbocycles. The molecule has 3 N–H and O–H groups in total. The third-order valence-corrected chi connectivity index (χ3v) is 3.08. The second kappa shape index (κ2) is 5.09. The van der Waals surface area contributed by atoms with Crippen molar-refractivity contribution in [1.29, 1.82) is 0 Å². The van der Waals surface area contributed by atoms with Crippen molar-refractivity contribution in [3.8, 4) is 0 Å². The van der Waals surface area contributed by atoms with Crippen molar-refractivity contribution in [3.63, 3.8) is 0 Å². The van der Waals surface area contributed by atoms with Gasteiger partial charge in [-0.05, 0) is 17.7 Å². The summed E-state index contributed by atoms with van der Waals surface area (Å²) >= 11 is 0. The molecule has 0 spiro atoms. The zero-order chi connectivity index (χ0) is 13.6. The summed E-state index contributed by atoms with van der Waals surface area (Å²) in [6.07, 6.45) is 0.133. The largest absolute Gasteiger partial charge is 0.369 e. The summed E-state index contributed by atoms with van der Waals surface area (Å²) in [4.78, 5) is 13.9. The molecule has 3 rings (SSSR count). The third kappa shape index (κ3) is 2.32. The number of fused-ring (bicyclic) bond motifs is 3. The van der Waals surface area contributed by atoms with Crippen LogP contribution in [0.2, 0.25) is 0 Å². The normalized spacial score (nSPS) is 10.7. The fourth-order valence-electron chi connectivity index (χ4n) is 2.26. The van der Waals surface area contributed by atoms with Gasteiger partial charge in [0.05, 0.1) is 6.42 Å². The first-order valence-electron chi connectivity index (χ1n) is 5.72. The van der Waals surface area contributed by atoms with Crippen LogP contribution in [-0.4, -0.2) is 10.9 Å². The van der Waals surface area contributed by atoms with Crippen molar-refractivity contribution in [2.75, 3.05) is 0 Å². The average Bonchev–Trinajstić information content (AvgIpc) is 2.66. The molecule has 0 bridgehead atoms. The Morgan fingerprint density at radius 1 is 1.05 bits per heavy atom. The molecule has 0 fully saturated rings. The zero-order valence-corrected chi connectivity index (χ0v) is 11.1. The van der Waals surface area contributed by atoms with Crippen LogP contribution in [0.5, 0.6) is 0 Å². The maximum absolute atomic E-state index is 13.3. The Morgan fingerprint density at radius 2 is 1.70 bits per heavy atom. The van der Waals surface area contributed by atoms with Gasteiger partial charge in [-0.2, -0.15) is 0 Å². The van der Waals surface area contributed by atoms with Crippen LogP contribution in [0.25, 0.3) is 21.8 Å². The zero-order valence-electron chi connectivity index (χ0n) is 10.2. The van der Waals surface area contributed by atoms with E-state index in [2.05, 4.69) is 4.98 Å². The Bertz CT molecular complexity index is 814. The summed E-state index contributed by atoms with van der Waals surface area (Å²) in [6.45, 7) is 0. The summed E-state index contributed by atoms with van der Waals surface area (Å²) in [5, 5.41) is 1.39. The molecule has 0 saturated heterocycles. The van der Waals surface area contributed by atoms with E-state index in [4.69, 9.17) is 5.73 Å². The lowest BCUT2D eigenvalue weighted by atomic mass is 10.1. The van der Waals surface area contributed by atoms with Gasteiger partial charge in [0.25, 0.3) is 0 Å². The Morgan fingerprint density at radius 3 is 2.40 bits per heavy atom. The van der Waals surface area contributed by atoms with Crippen LogP contribution in [0, 0.1) is 11.6 Å². The van der Waals surface area contributed by atoms with Gasteiger partial charge in [0.1, 0.15) is 0 Å². The minimum atomic E-state index is -0.892. The number of aromatic nitrogens is 1. The first kappa shape index (κ1) is 14.3. The van der Waals surface area contributed by atoms with Crippen LogP contribution in [0.15, 0.2) is 30.3 Å². The second-order valence-electron chi connectivity index (χ2n) is 4.46. The summed E-state index contributed by atoms with van der Waals surface area (Å²) < 4.78 is 26.4. The molecule has 2 aromatic carbocycles. The second-order valence-corrected chi connectivity index (χ2v) is 4.46. The molecule has 3 aromatic rings. The monoisotopic (exact) mass is 296 g/mol. The van der Waals surface area contributed by atoms with E-state index in [1.807, 2.05) is 0 Å². The average molecular weight is 297 g/mol. The molecule has 20 heavy (non-hydrogen) atoms. The van der Waals surface area contributed by atoms with Gasteiger partial charge in [-0.25, -0.2) is 8.78 Å². The van der Waals surface area contributed by atoms with Gasteiger partial charge in [-0.3, -0.25) is 4.79 Å². The number of primary amides is 1. The molecule has 0 radical (unpaired) electrons. The Balaban J connectivity index is 0.00000147. The number of nitrogens with two attached hydrogens (primary N) is 1. The van der Waals surface area contributed by atoms with E-state index in [1.54, 1.807) is 18.2 Å². The van der Waals surface area contributed by atoms with Crippen LogP contribution in [-0.2, 0) is 11.2 Å². The molecule has 0 aliphatic heterocycles. The maximum Gasteiger partial charge on any atom is 0.221 e. The number of carbonyl (C=O) groups is 1. The molecule has 1 heterocycles. The van der Waals surface area contributed by atoms with Gasteiger partial charge in [-0.1, -0.05) is 12.1 Å². The van der Waals surface area contributed by atoms with Crippen molar-refractivity contribution in [3.05, 3.63) is 47.5 Å². The molecule has 1 aromatic heterocycles. The van der Waals surface area contributed by atoms with Crippen LogP contribution in [0.4, 0.5) is 8.78 Å². The van der Waals surface area contributed by atoms with E-state index in [0.29, 0.717) is 10.9 Å². The van der Waals surface area contributed by atoms with Crippen molar-refractivity contribution < 1.29 is 13.6 Å². The quantitative estimate of drug-likeness (QED) is 0.750. The standard InChI is InChI=1S/C14H10F2N2O.ClH/c15-10-5-9-8-2-1-7(4-14(17)19)3-12(8)18-13(9)6-11(10)16;/h1-3,5-6,18H,4H2,(H2,17,19);1H. The van der Waals surface area contributed by atoms with Crippen molar-refractivity contribution in [2.45, 2.75) is 6.42 Å². The molecule has 0 aliphatic carbocycles. The number of nitrogens with one attached hydrogen (secondary N) is 1. The predicted octanol–water partition coefficient (Wildman–Crippen LogP) is 3.05. The first-order chi connectivity index (χ1) is 9.04. The number of halogens is 3. The van der Waals surface area contributed by atoms with Gasteiger partial charge in [0.15, 0.2) is 11.6 Å². The molecule has 3 nitrogen and oxygen atoms in total. The van der Waals surface area contributed by atoms with Gasteiger partial charge in [0.2, 0.25) is 5.91 Å². The number of amides is 1. The summed E-state index contributed by atoms with van der Waals surface area (Å²) in [5.74, 6) is -2.20. The topological polar surface area (TPSA) is 58.9 Å². The Kier molecular flexibility index (Phi) is 3.63. The Labute approximate surface area is 119 Å². The number of hydrogen-bond donors (Lipinski definition) is 2. The minimum absolute atomic E-state index is 0. The summed E-state index contributed by atoms with van der Waals surface area (Å²) in [7, 11) is 0. The Hall–Kier alpha value is -2.14. The number of benzene rings is 2. The minimum Gasteiger partial charge on any atom is -0.369 e. The fraction of sp³-hybridized carbons (Fsp3) is 0.0714. The number of carbonyl (C=O) groups excluding carboxylic acids is 1. The van der Waals surface area contributed by atoms with E-state index in [1.165, 1.54) is 0 Å². The highest BCUT2D eigenvalue weighted by Gasteiger charge is 2.10. The van der Waals surface area contributed by atoms with Gasteiger partial charge in [0, 0.05) is 27.9 Å². The van der Waals surface area contributed by atoms with E-state index < -0.39 is 17.5 Å². The van der Waals surface area contributed by atoms with E-state index in [0.717, 1.165) is 28.6 Å². The smallest absolute Gasteiger partial charge is 0.221 e. The molecule has 0 unspecified atom stereocenters. The summed E-state index contributed by atoms with van der Waals surface area (Å²) in [5.41, 5.74) is 7.13.